The van der Waals surface area contributed by atoms with Crippen LogP contribution < -0.4 is 15.4 Å². The second-order valence-corrected chi connectivity index (χ2v) is 6.55. The third-order valence-corrected chi connectivity index (χ3v) is 4.05. The van der Waals surface area contributed by atoms with Crippen molar-refractivity contribution in [2.45, 2.75) is 13.5 Å². The molecule has 0 unspecified atom stereocenters. The minimum atomic E-state index is -0.447. The van der Waals surface area contributed by atoms with Crippen molar-refractivity contribution in [2.75, 3.05) is 5.32 Å². The molecule has 3 aromatic rings. The summed E-state index contributed by atoms with van der Waals surface area (Å²) in [6.07, 6.45) is 1.60. The minimum absolute atomic E-state index is 0.134. The van der Waals surface area contributed by atoms with E-state index >= 15 is 0 Å². The van der Waals surface area contributed by atoms with Crippen molar-refractivity contribution in [1.29, 1.82) is 0 Å². The first-order valence-electron chi connectivity index (χ1n) is 9.32. The van der Waals surface area contributed by atoms with Crippen LogP contribution in [0.25, 0.3) is 6.08 Å². The molecule has 2 N–H and O–H groups in total. The molecule has 0 saturated carbocycles. The van der Waals surface area contributed by atoms with Gasteiger partial charge in [0.1, 0.15) is 23.9 Å². The molecule has 0 saturated heterocycles. The molecule has 0 radical (unpaired) electrons. The summed E-state index contributed by atoms with van der Waals surface area (Å²) < 4.78 is 18.9. The number of hydrogen-bond acceptors (Lipinski definition) is 3. The fourth-order valence-corrected chi connectivity index (χ4v) is 2.72. The van der Waals surface area contributed by atoms with Gasteiger partial charge in [-0.05, 0) is 41.5 Å². The van der Waals surface area contributed by atoms with Gasteiger partial charge < -0.3 is 15.4 Å². The van der Waals surface area contributed by atoms with E-state index < -0.39 is 5.91 Å². The van der Waals surface area contributed by atoms with Crippen molar-refractivity contribution in [3.63, 3.8) is 0 Å². The number of nitrogens with one attached hydrogen (secondary N) is 2. The van der Waals surface area contributed by atoms with E-state index in [2.05, 4.69) is 10.6 Å². The Morgan fingerprint density at radius 3 is 2.47 bits per heavy atom. The number of carbonyl (C=O) groups is 2. The van der Waals surface area contributed by atoms with E-state index in [9.17, 15) is 14.0 Å². The van der Waals surface area contributed by atoms with Crippen molar-refractivity contribution in [1.82, 2.24) is 5.32 Å². The van der Waals surface area contributed by atoms with Gasteiger partial charge in [-0.1, -0.05) is 48.5 Å². The molecule has 0 aromatic heterocycles. The summed E-state index contributed by atoms with van der Waals surface area (Å²) in [5.41, 5.74) is 2.26. The number of halogens is 1. The predicted molar refractivity (Wildman–Crippen MR) is 114 cm³/mol. The number of hydrogen-bond donors (Lipinski definition) is 2. The van der Waals surface area contributed by atoms with E-state index in [1.807, 2.05) is 36.4 Å². The minimum Gasteiger partial charge on any atom is -0.489 e. The van der Waals surface area contributed by atoms with Gasteiger partial charge in [0.15, 0.2) is 0 Å². The van der Waals surface area contributed by atoms with Crippen LogP contribution in [-0.4, -0.2) is 11.8 Å². The van der Waals surface area contributed by atoms with E-state index in [0.29, 0.717) is 11.4 Å². The molecule has 0 aliphatic heterocycles. The first-order chi connectivity index (χ1) is 14.5. The average molecular weight is 404 g/mol. The van der Waals surface area contributed by atoms with Crippen LogP contribution in [0.15, 0.2) is 84.6 Å². The Morgan fingerprint density at radius 1 is 0.967 bits per heavy atom. The Balaban J connectivity index is 1.70. The first kappa shape index (κ1) is 20.8. The molecule has 0 aliphatic carbocycles. The third kappa shape index (κ3) is 6.31. The quantitative estimate of drug-likeness (QED) is 0.569. The fourth-order valence-electron chi connectivity index (χ4n) is 2.72. The fraction of sp³-hybridized carbons (Fsp3) is 0.0833. The molecular weight excluding hydrogens is 383 g/mol. The van der Waals surface area contributed by atoms with Crippen LogP contribution in [0, 0.1) is 5.82 Å². The highest BCUT2D eigenvalue weighted by Gasteiger charge is 2.12. The van der Waals surface area contributed by atoms with Gasteiger partial charge in [0.25, 0.3) is 5.91 Å². The summed E-state index contributed by atoms with van der Waals surface area (Å²) in [5.74, 6) is -0.741. The smallest absolute Gasteiger partial charge is 0.272 e. The highest BCUT2D eigenvalue weighted by Crippen LogP contribution is 2.17. The lowest BCUT2D eigenvalue weighted by Crippen LogP contribution is -2.29. The molecule has 30 heavy (non-hydrogen) atoms. The average Bonchev–Trinajstić information content (AvgIpc) is 2.72. The normalized spacial score (nSPS) is 10.9. The van der Waals surface area contributed by atoms with E-state index in [4.69, 9.17) is 4.74 Å². The number of amides is 2. The molecule has 0 bridgehead atoms. The SMILES string of the molecule is CC(=O)N/C(=C/c1ccccc1)C(=O)Nc1cccc(COc2cccc(F)c2)c1. The highest BCUT2D eigenvalue weighted by atomic mass is 19.1. The number of rotatable bonds is 7. The number of anilines is 1. The maximum atomic E-state index is 13.3. The number of benzene rings is 3. The lowest BCUT2D eigenvalue weighted by atomic mass is 10.1. The predicted octanol–water partition coefficient (Wildman–Crippen LogP) is 4.52. The molecule has 3 aromatic carbocycles. The van der Waals surface area contributed by atoms with Gasteiger partial charge >= 0.3 is 0 Å². The molecule has 0 atom stereocenters. The molecule has 6 heteroatoms. The monoisotopic (exact) mass is 404 g/mol. The largest absolute Gasteiger partial charge is 0.489 e. The summed E-state index contributed by atoms with van der Waals surface area (Å²) in [4.78, 5) is 24.2. The number of carbonyl (C=O) groups excluding carboxylic acids is 2. The molecule has 2 amide bonds. The molecule has 5 nitrogen and oxygen atoms in total. The lowest BCUT2D eigenvalue weighted by molar-refractivity contribution is -0.120. The first-order valence-corrected chi connectivity index (χ1v) is 9.32. The second-order valence-electron chi connectivity index (χ2n) is 6.55. The van der Waals surface area contributed by atoms with Crippen molar-refractivity contribution < 1.29 is 18.7 Å². The zero-order valence-corrected chi connectivity index (χ0v) is 16.4. The van der Waals surface area contributed by atoms with Crippen LogP contribution in [0.4, 0.5) is 10.1 Å². The highest BCUT2D eigenvalue weighted by molar-refractivity contribution is 6.08. The zero-order chi connectivity index (χ0) is 21.3. The molecule has 3 rings (SSSR count). The molecule has 0 aliphatic rings. The van der Waals surface area contributed by atoms with Crippen LogP contribution in [0.5, 0.6) is 5.75 Å². The Kier molecular flexibility index (Phi) is 6.95. The van der Waals surface area contributed by atoms with Crippen molar-refractivity contribution in [3.8, 4) is 5.75 Å². The van der Waals surface area contributed by atoms with Gasteiger partial charge in [-0.2, -0.15) is 0 Å². The van der Waals surface area contributed by atoms with Crippen LogP contribution in [0.2, 0.25) is 0 Å². The summed E-state index contributed by atoms with van der Waals surface area (Å²) in [5, 5.41) is 5.34. The molecule has 0 heterocycles. The molecule has 152 valence electrons. The van der Waals surface area contributed by atoms with Crippen molar-refractivity contribution in [2.24, 2.45) is 0 Å². The third-order valence-electron chi connectivity index (χ3n) is 4.05. The molecule has 0 fully saturated rings. The van der Waals surface area contributed by atoms with Gasteiger partial charge in [-0.3, -0.25) is 9.59 Å². The number of ether oxygens (including phenoxy) is 1. The Morgan fingerprint density at radius 2 is 1.73 bits per heavy atom. The maximum Gasteiger partial charge on any atom is 0.272 e. The standard InChI is InChI=1S/C24H21FN2O3/c1-17(28)26-23(14-18-7-3-2-4-8-18)24(29)27-21-11-5-9-19(13-21)16-30-22-12-6-10-20(25)15-22/h2-15H,16H2,1H3,(H,26,28)(H,27,29)/b23-14+. The summed E-state index contributed by atoms with van der Waals surface area (Å²) in [6, 6.07) is 22.2. The van der Waals surface area contributed by atoms with Crippen molar-refractivity contribution in [3.05, 3.63) is 102 Å². The van der Waals surface area contributed by atoms with E-state index in [1.54, 1.807) is 36.4 Å². The van der Waals surface area contributed by atoms with Gasteiger partial charge in [0.05, 0.1) is 0 Å². The van der Waals surface area contributed by atoms with Crippen LogP contribution in [0.3, 0.4) is 0 Å². The summed E-state index contributed by atoms with van der Waals surface area (Å²) in [7, 11) is 0. The Bertz CT molecular complexity index is 1060. The lowest BCUT2D eigenvalue weighted by Gasteiger charge is -2.11. The van der Waals surface area contributed by atoms with Crippen LogP contribution in [-0.2, 0) is 16.2 Å². The van der Waals surface area contributed by atoms with E-state index in [0.717, 1.165) is 11.1 Å². The van der Waals surface area contributed by atoms with Gasteiger partial charge in [-0.25, -0.2) is 4.39 Å². The van der Waals surface area contributed by atoms with Gasteiger partial charge in [0.2, 0.25) is 5.91 Å². The van der Waals surface area contributed by atoms with Crippen molar-refractivity contribution >= 4 is 23.6 Å². The van der Waals surface area contributed by atoms with Crippen LogP contribution in [0.1, 0.15) is 18.1 Å². The summed E-state index contributed by atoms with van der Waals surface area (Å²) >= 11 is 0. The zero-order valence-electron chi connectivity index (χ0n) is 16.4. The van der Waals surface area contributed by atoms with Gasteiger partial charge in [-0.15, -0.1) is 0 Å². The molecular formula is C24H21FN2O3. The Labute approximate surface area is 174 Å². The van der Waals surface area contributed by atoms with Crippen LogP contribution >= 0.6 is 0 Å². The molecule has 0 spiro atoms. The summed E-state index contributed by atoms with van der Waals surface area (Å²) in [6.45, 7) is 1.56. The van der Waals surface area contributed by atoms with Gasteiger partial charge in [0, 0.05) is 18.7 Å². The topological polar surface area (TPSA) is 67.4 Å². The van der Waals surface area contributed by atoms with E-state index in [-0.39, 0.29) is 24.0 Å². The van der Waals surface area contributed by atoms with E-state index in [1.165, 1.54) is 19.1 Å². The second kappa shape index (κ2) is 10.0. The maximum absolute atomic E-state index is 13.3. The Hall–Kier alpha value is -3.93.